The summed E-state index contributed by atoms with van der Waals surface area (Å²) in [5.74, 6) is -0.0717. The van der Waals surface area contributed by atoms with Crippen molar-refractivity contribution in [2.45, 2.75) is 58.0 Å². The molecule has 1 fully saturated rings. The van der Waals surface area contributed by atoms with Crippen molar-refractivity contribution in [3.63, 3.8) is 0 Å². The van der Waals surface area contributed by atoms with E-state index in [4.69, 9.17) is 9.84 Å². The largest absolute Gasteiger partial charge is 0.494 e. The Kier molecular flexibility index (Phi) is 6.01. The fourth-order valence-electron chi connectivity index (χ4n) is 3.76. The molecule has 0 spiro atoms. The Labute approximate surface area is 154 Å². The minimum absolute atomic E-state index is 0.0410. The van der Waals surface area contributed by atoms with Crippen LogP contribution in [0.2, 0.25) is 0 Å². The summed E-state index contributed by atoms with van der Waals surface area (Å²) in [6.45, 7) is 4.11. The SMILES string of the molecule is CCCOc1ccc2c(c1)CCN(C(=O)NC1CCC(C(=O)O)CC1)C2. The first kappa shape index (κ1) is 18.5. The number of carbonyl (C=O) groups excluding carboxylic acids is 1. The molecule has 2 amide bonds. The van der Waals surface area contributed by atoms with Gasteiger partial charge in [-0.2, -0.15) is 0 Å². The third kappa shape index (κ3) is 4.48. The van der Waals surface area contributed by atoms with Gasteiger partial charge in [0.05, 0.1) is 12.5 Å². The molecule has 2 aliphatic rings. The number of rotatable bonds is 5. The molecule has 0 aromatic heterocycles. The van der Waals surface area contributed by atoms with Crippen LogP contribution in [0.3, 0.4) is 0 Å². The number of carboxylic acid groups (broad SMARTS) is 1. The number of urea groups is 1. The highest BCUT2D eigenvalue weighted by molar-refractivity contribution is 5.75. The molecule has 1 heterocycles. The maximum absolute atomic E-state index is 12.6. The van der Waals surface area contributed by atoms with Gasteiger partial charge in [0, 0.05) is 19.1 Å². The van der Waals surface area contributed by atoms with Gasteiger partial charge in [-0.05, 0) is 61.8 Å². The molecule has 1 saturated carbocycles. The number of fused-ring (bicyclic) bond motifs is 1. The number of carbonyl (C=O) groups is 2. The van der Waals surface area contributed by atoms with Gasteiger partial charge in [0.15, 0.2) is 0 Å². The van der Waals surface area contributed by atoms with Gasteiger partial charge in [-0.25, -0.2) is 4.79 Å². The first-order chi connectivity index (χ1) is 12.6. The number of ether oxygens (including phenoxy) is 1. The molecule has 0 unspecified atom stereocenters. The van der Waals surface area contributed by atoms with Crippen molar-refractivity contribution in [1.82, 2.24) is 10.2 Å². The zero-order valence-corrected chi connectivity index (χ0v) is 15.4. The Morgan fingerprint density at radius 2 is 2.00 bits per heavy atom. The Bertz CT molecular complexity index is 653. The molecule has 26 heavy (non-hydrogen) atoms. The van der Waals surface area contributed by atoms with Crippen LogP contribution in [-0.2, 0) is 17.8 Å². The molecule has 0 bridgehead atoms. The van der Waals surface area contributed by atoms with E-state index >= 15 is 0 Å². The number of aliphatic carboxylic acids is 1. The highest BCUT2D eigenvalue weighted by Gasteiger charge is 2.28. The molecule has 3 rings (SSSR count). The fraction of sp³-hybridized carbons (Fsp3) is 0.600. The average Bonchev–Trinajstić information content (AvgIpc) is 2.66. The minimum atomic E-state index is -0.718. The smallest absolute Gasteiger partial charge is 0.317 e. The fourth-order valence-corrected chi connectivity index (χ4v) is 3.76. The van der Waals surface area contributed by atoms with E-state index in [9.17, 15) is 9.59 Å². The summed E-state index contributed by atoms with van der Waals surface area (Å²) in [6.07, 6.45) is 4.58. The molecule has 6 nitrogen and oxygen atoms in total. The van der Waals surface area contributed by atoms with Crippen molar-refractivity contribution in [3.8, 4) is 5.75 Å². The molecule has 0 saturated heterocycles. The predicted molar refractivity (Wildman–Crippen MR) is 98.3 cm³/mol. The predicted octanol–water partition coefficient (Wildman–Crippen LogP) is 3.19. The van der Waals surface area contributed by atoms with E-state index in [-0.39, 0.29) is 18.0 Å². The number of hydrogen-bond acceptors (Lipinski definition) is 3. The van der Waals surface area contributed by atoms with Crippen molar-refractivity contribution < 1.29 is 19.4 Å². The number of carboxylic acids is 1. The van der Waals surface area contributed by atoms with Crippen molar-refractivity contribution in [1.29, 1.82) is 0 Å². The van der Waals surface area contributed by atoms with Gasteiger partial charge in [0.2, 0.25) is 0 Å². The lowest BCUT2D eigenvalue weighted by atomic mass is 9.86. The first-order valence-corrected chi connectivity index (χ1v) is 9.59. The monoisotopic (exact) mass is 360 g/mol. The van der Waals surface area contributed by atoms with Crippen LogP contribution < -0.4 is 10.1 Å². The topological polar surface area (TPSA) is 78.9 Å². The number of amides is 2. The second-order valence-corrected chi connectivity index (χ2v) is 7.29. The second-order valence-electron chi connectivity index (χ2n) is 7.29. The van der Waals surface area contributed by atoms with Gasteiger partial charge in [-0.3, -0.25) is 4.79 Å². The van der Waals surface area contributed by atoms with Gasteiger partial charge in [0.25, 0.3) is 0 Å². The molecule has 1 aliphatic heterocycles. The number of benzene rings is 1. The summed E-state index contributed by atoms with van der Waals surface area (Å²) in [5.41, 5.74) is 2.43. The Morgan fingerprint density at radius 1 is 1.23 bits per heavy atom. The summed E-state index contributed by atoms with van der Waals surface area (Å²) in [5, 5.41) is 12.2. The molecule has 0 radical (unpaired) electrons. The van der Waals surface area contributed by atoms with E-state index in [0.717, 1.165) is 38.0 Å². The zero-order chi connectivity index (χ0) is 18.5. The van der Waals surface area contributed by atoms with Crippen LogP contribution in [0.25, 0.3) is 0 Å². The van der Waals surface area contributed by atoms with E-state index < -0.39 is 5.97 Å². The summed E-state index contributed by atoms with van der Waals surface area (Å²) < 4.78 is 5.69. The lowest BCUT2D eigenvalue weighted by Crippen LogP contribution is -2.47. The van der Waals surface area contributed by atoms with Crippen LogP contribution in [0.15, 0.2) is 18.2 Å². The lowest BCUT2D eigenvalue weighted by molar-refractivity contribution is -0.142. The molecule has 2 N–H and O–H groups in total. The van der Waals surface area contributed by atoms with Gasteiger partial charge < -0.3 is 20.1 Å². The van der Waals surface area contributed by atoms with Crippen LogP contribution in [0.1, 0.15) is 50.2 Å². The minimum Gasteiger partial charge on any atom is -0.494 e. The maximum atomic E-state index is 12.6. The molecule has 1 aromatic carbocycles. The highest BCUT2D eigenvalue weighted by Crippen LogP contribution is 2.26. The second kappa shape index (κ2) is 8.43. The quantitative estimate of drug-likeness (QED) is 0.845. The van der Waals surface area contributed by atoms with Crippen molar-refractivity contribution in [2.24, 2.45) is 5.92 Å². The molecule has 6 heteroatoms. The van der Waals surface area contributed by atoms with Gasteiger partial charge in [-0.15, -0.1) is 0 Å². The van der Waals surface area contributed by atoms with Crippen LogP contribution >= 0.6 is 0 Å². The molecule has 0 atom stereocenters. The van der Waals surface area contributed by atoms with E-state index in [1.165, 1.54) is 11.1 Å². The molecule has 1 aliphatic carbocycles. The van der Waals surface area contributed by atoms with Crippen LogP contribution in [0.4, 0.5) is 4.79 Å². The molecule has 1 aromatic rings. The maximum Gasteiger partial charge on any atom is 0.317 e. The van der Waals surface area contributed by atoms with E-state index in [0.29, 0.717) is 25.9 Å². The van der Waals surface area contributed by atoms with Crippen LogP contribution in [0, 0.1) is 5.92 Å². The molecular weight excluding hydrogens is 332 g/mol. The Balaban J connectivity index is 1.52. The van der Waals surface area contributed by atoms with Gasteiger partial charge >= 0.3 is 12.0 Å². The van der Waals surface area contributed by atoms with Gasteiger partial charge in [-0.1, -0.05) is 13.0 Å². The number of nitrogens with zero attached hydrogens (tertiary/aromatic N) is 1. The van der Waals surface area contributed by atoms with E-state index in [1.54, 1.807) is 0 Å². The van der Waals surface area contributed by atoms with Crippen molar-refractivity contribution in [2.75, 3.05) is 13.2 Å². The summed E-state index contributed by atoms with van der Waals surface area (Å²) in [4.78, 5) is 25.4. The number of nitrogens with one attached hydrogen (secondary N) is 1. The highest BCUT2D eigenvalue weighted by atomic mass is 16.5. The Morgan fingerprint density at radius 3 is 2.69 bits per heavy atom. The summed E-state index contributed by atoms with van der Waals surface area (Å²) >= 11 is 0. The van der Waals surface area contributed by atoms with Crippen LogP contribution in [-0.4, -0.2) is 41.2 Å². The van der Waals surface area contributed by atoms with Crippen molar-refractivity contribution in [3.05, 3.63) is 29.3 Å². The normalized spacial score (nSPS) is 22.4. The average molecular weight is 360 g/mol. The summed E-state index contributed by atoms with van der Waals surface area (Å²) in [6, 6.07) is 6.17. The Hall–Kier alpha value is -2.24. The van der Waals surface area contributed by atoms with Crippen molar-refractivity contribution >= 4 is 12.0 Å². The van der Waals surface area contributed by atoms with E-state index in [1.807, 2.05) is 11.0 Å². The molecule has 142 valence electrons. The van der Waals surface area contributed by atoms with E-state index in [2.05, 4.69) is 24.4 Å². The number of hydrogen-bond donors (Lipinski definition) is 2. The zero-order valence-electron chi connectivity index (χ0n) is 15.4. The lowest BCUT2D eigenvalue weighted by Gasteiger charge is -2.33. The standard InChI is InChI=1S/C20H28N2O4/c1-2-11-26-18-8-5-16-13-22(10-9-15(16)12-18)20(25)21-17-6-3-14(4-7-17)19(23)24/h5,8,12,14,17H,2-4,6-7,9-11,13H2,1H3,(H,21,25)(H,23,24). The third-order valence-electron chi connectivity index (χ3n) is 5.35. The third-order valence-corrected chi connectivity index (χ3v) is 5.35. The first-order valence-electron chi connectivity index (χ1n) is 9.59. The summed E-state index contributed by atoms with van der Waals surface area (Å²) in [7, 11) is 0. The van der Waals surface area contributed by atoms with Crippen LogP contribution in [0.5, 0.6) is 5.75 Å². The van der Waals surface area contributed by atoms with Gasteiger partial charge in [0.1, 0.15) is 5.75 Å². The molecular formula is C20H28N2O4.